The highest BCUT2D eigenvalue weighted by Crippen LogP contribution is 1.99. The summed E-state index contributed by atoms with van der Waals surface area (Å²) in [4.78, 5) is 0. The maximum Gasteiger partial charge on any atom is 0.171 e. The zero-order chi connectivity index (χ0) is 7.98. The van der Waals surface area contributed by atoms with Crippen LogP contribution in [-0.4, -0.2) is 38.3 Å². The molecule has 0 spiro atoms. The molecule has 0 fully saturated rings. The molecule has 0 aromatic rings. The lowest BCUT2D eigenvalue weighted by Gasteiger charge is -2.19. The first-order valence-corrected chi connectivity index (χ1v) is 3.18. The molecular weight excluding hydrogens is 134 g/mol. The summed E-state index contributed by atoms with van der Waals surface area (Å²) < 4.78 is 9.71. The number of rotatable bonds is 5. The normalized spacial score (nSPS) is 14.1. The SMILES string of the molecule is COC(OC)C(N)CCO. The van der Waals surface area contributed by atoms with E-state index in [1.807, 2.05) is 0 Å². The Morgan fingerprint density at radius 1 is 1.40 bits per heavy atom. The lowest BCUT2D eigenvalue weighted by molar-refractivity contribution is -0.118. The molecule has 0 saturated carbocycles. The van der Waals surface area contributed by atoms with Crippen LogP contribution < -0.4 is 5.73 Å². The van der Waals surface area contributed by atoms with Crippen molar-refractivity contribution in [3.8, 4) is 0 Å². The van der Waals surface area contributed by atoms with Crippen LogP contribution in [0.4, 0.5) is 0 Å². The lowest BCUT2D eigenvalue weighted by atomic mass is 10.2. The van der Waals surface area contributed by atoms with Crippen molar-refractivity contribution in [1.29, 1.82) is 0 Å². The Bertz CT molecular complexity index is 75.4. The standard InChI is InChI=1S/C6H15NO3/c1-9-6(10-2)5(7)3-4-8/h5-6,8H,3-4,7H2,1-2H3. The van der Waals surface area contributed by atoms with Crippen molar-refractivity contribution in [3.63, 3.8) is 0 Å². The summed E-state index contributed by atoms with van der Waals surface area (Å²) in [5.41, 5.74) is 5.54. The van der Waals surface area contributed by atoms with E-state index in [1.165, 1.54) is 14.2 Å². The first-order valence-electron chi connectivity index (χ1n) is 3.18. The summed E-state index contributed by atoms with van der Waals surface area (Å²) in [6.45, 7) is 0.0599. The monoisotopic (exact) mass is 149 g/mol. The molecule has 4 heteroatoms. The van der Waals surface area contributed by atoms with Crippen LogP contribution in [0, 0.1) is 0 Å². The Balaban J connectivity index is 3.53. The van der Waals surface area contributed by atoms with Gasteiger partial charge in [0.15, 0.2) is 6.29 Å². The molecule has 0 aromatic carbocycles. The van der Waals surface area contributed by atoms with Gasteiger partial charge in [-0.2, -0.15) is 0 Å². The minimum absolute atomic E-state index is 0.0599. The van der Waals surface area contributed by atoms with Gasteiger partial charge in [-0.15, -0.1) is 0 Å². The van der Waals surface area contributed by atoms with E-state index in [2.05, 4.69) is 0 Å². The van der Waals surface area contributed by atoms with Gasteiger partial charge in [-0.05, 0) is 6.42 Å². The molecule has 0 saturated heterocycles. The average Bonchev–Trinajstić information content (AvgIpc) is 1.91. The Hall–Kier alpha value is -0.160. The molecular formula is C6H15NO3. The molecule has 0 heterocycles. The minimum atomic E-state index is -0.410. The van der Waals surface area contributed by atoms with Gasteiger partial charge in [0.05, 0.1) is 6.04 Å². The zero-order valence-corrected chi connectivity index (χ0v) is 6.41. The first kappa shape index (κ1) is 9.84. The van der Waals surface area contributed by atoms with E-state index in [0.29, 0.717) is 6.42 Å². The van der Waals surface area contributed by atoms with Gasteiger partial charge in [-0.25, -0.2) is 0 Å². The molecule has 1 unspecified atom stereocenters. The molecule has 0 rings (SSSR count). The minimum Gasteiger partial charge on any atom is -0.396 e. The molecule has 0 aliphatic heterocycles. The molecule has 0 aromatic heterocycles. The molecule has 10 heavy (non-hydrogen) atoms. The summed E-state index contributed by atoms with van der Waals surface area (Å²) in [7, 11) is 3.04. The van der Waals surface area contributed by atoms with Crippen molar-refractivity contribution in [3.05, 3.63) is 0 Å². The molecule has 0 aliphatic rings. The van der Waals surface area contributed by atoms with Gasteiger partial charge in [0, 0.05) is 20.8 Å². The maximum absolute atomic E-state index is 8.49. The first-order chi connectivity index (χ1) is 4.76. The second-order valence-electron chi connectivity index (χ2n) is 2.02. The van der Waals surface area contributed by atoms with Crippen LogP contribution in [0.5, 0.6) is 0 Å². The van der Waals surface area contributed by atoms with Crippen LogP contribution in [0.25, 0.3) is 0 Å². The van der Waals surface area contributed by atoms with E-state index < -0.39 is 6.29 Å². The second kappa shape index (κ2) is 5.61. The number of aliphatic hydroxyl groups excluding tert-OH is 1. The van der Waals surface area contributed by atoms with E-state index in [9.17, 15) is 0 Å². The molecule has 0 aliphatic carbocycles. The quantitative estimate of drug-likeness (QED) is 0.508. The summed E-state index contributed by atoms with van der Waals surface area (Å²) in [5.74, 6) is 0. The number of ether oxygens (including phenoxy) is 2. The van der Waals surface area contributed by atoms with E-state index in [1.54, 1.807) is 0 Å². The van der Waals surface area contributed by atoms with Crippen LogP contribution in [0.2, 0.25) is 0 Å². The van der Waals surface area contributed by atoms with E-state index in [4.69, 9.17) is 20.3 Å². The second-order valence-corrected chi connectivity index (χ2v) is 2.02. The lowest BCUT2D eigenvalue weighted by Crippen LogP contribution is -2.38. The molecule has 62 valence electrons. The highest BCUT2D eigenvalue weighted by atomic mass is 16.7. The van der Waals surface area contributed by atoms with Gasteiger partial charge in [0.1, 0.15) is 0 Å². The predicted octanol–water partition coefficient (Wildman–Crippen LogP) is -0.685. The van der Waals surface area contributed by atoms with Gasteiger partial charge in [0.25, 0.3) is 0 Å². The Morgan fingerprint density at radius 2 is 1.90 bits per heavy atom. The number of hydrogen-bond acceptors (Lipinski definition) is 4. The zero-order valence-electron chi connectivity index (χ0n) is 6.41. The summed E-state index contributed by atoms with van der Waals surface area (Å²) in [5, 5.41) is 8.49. The fourth-order valence-electron chi connectivity index (χ4n) is 0.731. The molecule has 0 bridgehead atoms. The van der Waals surface area contributed by atoms with E-state index >= 15 is 0 Å². The number of methoxy groups -OCH3 is 2. The van der Waals surface area contributed by atoms with Crippen LogP contribution in [-0.2, 0) is 9.47 Å². The van der Waals surface area contributed by atoms with Crippen molar-refractivity contribution in [2.45, 2.75) is 18.8 Å². The number of nitrogens with two attached hydrogens (primary N) is 1. The molecule has 3 N–H and O–H groups in total. The van der Waals surface area contributed by atoms with E-state index in [-0.39, 0.29) is 12.6 Å². The third kappa shape index (κ3) is 3.12. The molecule has 0 radical (unpaired) electrons. The van der Waals surface area contributed by atoms with Gasteiger partial charge in [-0.3, -0.25) is 0 Å². The van der Waals surface area contributed by atoms with Crippen LogP contribution in [0.1, 0.15) is 6.42 Å². The number of hydrogen-bond donors (Lipinski definition) is 2. The fourth-order valence-corrected chi connectivity index (χ4v) is 0.731. The fraction of sp³-hybridized carbons (Fsp3) is 1.00. The summed E-state index contributed by atoms with van der Waals surface area (Å²) in [6, 6.07) is -0.250. The Labute approximate surface area is 60.9 Å². The van der Waals surface area contributed by atoms with Crippen LogP contribution >= 0.6 is 0 Å². The van der Waals surface area contributed by atoms with Gasteiger partial charge < -0.3 is 20.3 Å². The third-order valence-corrected chi connectivity index (χ3v) is 1.28. The van der Waals surface area contributed by atoms with Gasteiger partial charge in [0.2, 0.25) is 0 Å². The Kier molecular flexibility index (Phi) is 5.52. The number of aliphatic hydroxyl groups is 1. The molecule has 4 nitrogen and oxygen atoms in total. The van der Waals surface area contributed by atoms with Gasteiger partial charge >= 0.3 is 0 Å². The van der Waals surface area contributed by atoms with Crippen LogP contribution in [0.15, 0.2) is 0 Å². The smallest absolute Gasteiger partial charge is 0.171 e. The topological polar surface area (TPSA) is 64.7 Å². The molecule has 0 amide bonds. The van der Waals surface area contributed by atoms with Crippen molar-refractivity contribution >= 4 is 0 Å². The van der Waals surface area contributed by atoms with Gasteiger partial charge in [-0.1, -0.05) is 0 Å². The third-order valence-electron chi connectivity index (χ3n) is 1.28. The molecule has 1 atom stereocenters. The van der Waals surface area contributed by atoms with E-state index in [0.717, 1.165) is 0 Å². The Morgan fingerprint density at radius 3 is 2.20 bits per heavy atom. The summed E-state index contributed by atoms with van der Waals surface area (Å²) in [6.07, 6.45) is 0.0824. The van der Waals surface area contributed by atoms with Crippen molar-refractivity contribution in [2.75, 3.05) is 20.8 Å². The van der Waals surface area contributed by atoms with Crippen molar-refractivity contribution in [1.82, 2.24) is 0 Å². The van der Waals surface area contributed by atoms with Crippen molar-refractivity contribution in [2.24, 2.45) is 5.73 Å². The highest BCUT2D eigenvalue weighted by Gasteiger charge is 2.14. The highest BCUT2D eigenvalue weighted by molar-refractivity contribution is 4.63. The largest absolute Gasteiger partial charge is 0.396 e. The summed E-state index contributed by atoms with van der Waals surface area (Å²) >= 11 is 0. The maximum atomic E-state index is 8.49. The predicted molar refractivity (Wildman–Crippen MR) is 37.5 cm³/mol. The van der Waals surface area contributed by atoms with Crippen molar-refractivity contribution < 1.29 is 14.6 Å². The average molecular weight is 149 g/mol. The van der Waals surface area contributed by atoms with Crippen LogP contribution in [0.3, 0.4) is 0 Å².